The van der Waals surface area contributed by atoms with Crippen LogP contribution < -0.4 is 0 Å². The molecule has 1 aliphatic rings. The van der Waals surface area contributed by atoms with Crippen molar-refractivity contribution in [1.29, 1.82) is 0 Å². The average Bonchev–Trinajstić information content (AvgIpc) is 2.92. The first-order valence-corrected chi connectivity index (χ1v) is 8.61. The lowest BCUT2D eigenvalue weighted by molar-refractivity contribution is -0.141. The first kappa shape index (κ1) is 19.6. The number of carbonyl (C=O) groups excluding carboxylic acids is 1. The molecule has 0 saturated carbocycles. The predicted molar refractivity (Wildman–Crippen MR) is 90.8 cm³/mol. The van der Waals surface area contributed by atoms with Crippen molar-refractivity contribution in [2.75, 3.05) is 26.2 Å². The minimum atomic E-state index is -4.73. The number of aryl methyl sites for hydroxylation is 1. The minimum Gasteiger partial charge on any atom is -0.335 e. The maximum absolute atomic E-state index is 13.8. The summed E-state index contributed by atoms with van der Waals surface area (Å²) in [6, 6.07) is 6.45. The Hall–Kier alpha value is -2.13. The van der Waals surface area contributed by atoms with Gasteiger partial charge >= 0.3 is 6.18 Å². The molecule has 3 rings (SSSR count). The van der Waals surface area contributed by atoms with Crippen molar-refractivity contribution >= 4 is 17.5 Å². The highest BCUT2D eigenvalue weighted by atomic mass is 35.5. The van der Waals surface area contributed by atoms with Crippen LogP contribution in [0.1, 0.15) is 21.7 Å². The summed E-state index contributed by atoms with van der Waals surface area (Å²) < 4.78 is 53.4. The molecule has 2 aromatic rings. The van der Waals surface area contributed by atoms with Crippen LogP contribution in [-0.2, 0) is 19.8 Å². The normalized spacial score (nSPS) is 16.0. The van der Waals surface area contributed by atoms with Gasteiger partial charge in [-0.1, -0.05) is 29.8 Å². The summed E-state index contributed by atoms with van der Waals surface area (Å²) in [5.41, 5.74) is -0.999. The van der Waals surface area contributed by atoms with Crippen LogP contribution in [0.3, 0.4) is 0 Å². The fraction of sp³-hybridized carbons (Fsp3) is 0.412. The van der Waals surface area contributed by atoms with Crippen LogP contribution in [0.25, 0.3) is 0 Å². The Bertz CT molecular complexity index is 844. The van der Waals surface area contributed by atoms with Gasteiger partial charge < -0.3 is 4.90 Å². The van der Waals surface area contributed by atoms with E-state index in [-0.39, 0.29) is 11.5 Å². The molecule has 5 nitrogen and oxygen atoms in total. The van der Waals surface area contributed by atoms with Crippen molar-refractivity contribution in [3.05, 3.63) is 52.1 Å². The lowest BCUT2D eigenvalue weighted by Crippen LogP contribution is -2.48. The van der Waals surface area contributed by atoms with Crippen LogP contribution in [0.2, 0.25) is 5.02 Å². The summed E-state index contributed by atoms with van der Waals surface area (Å²) in [7, 11) is 1.25. The van der Waals surface area contributed by atoms with Crippen molar-refractivity contribution < 1.29 is 22.4 Å². The molecule has 1 amide bonds. The van der Waals surface area contributed by atoms with Gasteiger partial charge in [0, 0.05) is 45.3 Å². The van der Waals surface area contributed by atoms with E-state index in [4.69, 9.17) is 11.6 Å². The van der Waals surface area contributed by atoms with Gasteiger partial charge in [0.15, 0.2) is 5.69 Å². The second-order valence-corrected chi connectivity index (χ2v) is 6.67. The van der Waals surface area contributed by atoms with Crippen LogP contribution in [0, 0.1) is 5.82 Å². The maximum Gasteiger partial charge on any atom is 0.436 e. The zero-order valence-corrected chi connectivity index (χ0v) is 15.2. The van der Waals surface area contributed by atoms with Gasteiger partial charge in [0.1, 0.15) is 16.5 Å². The van der Waals surface area contributed by atoms with E-state index in [0.717, 1.165) is 4.68 Å². The number of carbonyl (C=O) groups is 1. The second-order valence-electron chi connectivity index (χ2n) is 6.29. The number of amides is 1. The van der Waals surface area contributed by atoms with Crippen LogP contribution in [0.4, 0.5) is 17.6 Å². The summed E-state index contributed by atoms with van der Waals surface area (Å²) in [6.45, 7) is 1.95. The first-order valence-electron chi connectivity index (χ1n) is 8.23. The van der Waals surface area contributed by atoms with Crippen LogP contribution >= 0.6 is 11.6 Å². The van der Waals surface area contributed by atoms with Gasteiger partial charge in [-0.15, -0.1) is 0 Å². The van der Waals surface area contributed by atoms with Crippen molar-refractivity contribution in [3.8, 4) is 0 Å². The molecule has 1 aliphatic heterocycles. The number of aromatic nitrogens is 2. The second kappa shape index (κ2) is 7.47. The fourth-order valence-electron chi connectivity index (χ4n) is 3.04. The van der Waals surface area contributed by atoms with E-state index < -0.39 is 22.8 Å². The molecule has 1 saturated heterocycles. The molecule has 0 spiro atoms. The van der Waals surface area contributed by atoms with E-state index >= 15 is 0 Å². The first-order chi connectivity index (χ1) is 12.7. The Balaban J connectivity index is 1.67. The van der Waals surface area contributed by atoms with E-state index in [9.17, 15) is 22.4 Å². The molecule has 146 valence electrons. The molecule has 0 unspecified atom stereocenters. The zero-order valence-electron chi connectivity index (χ0n) is 14.4. The summed E-state index contributed by atoms with van der Waals surface area (Å²) >= 11 is 5.78. The Kier molecular flexibility index (Phi) is 5.43. The standard InChI is InChI=1S/C17H17ClF4N4O/c1-24-14(13(18)15(23-24)17(20,21)22)16(27)26-8-6-25(7-9-26)10-11-4-2-3-5-12(11)19/h2-5H,6-10H2,1H3. The quantitative estimate of drug-likeness (QED) is 0.738. The highest BCUT2D eigenvalue weighted by molar-refractivity contribution is 6.34. The third-order valence-electron chi connectivity index (χ3n) is 4.47. The van der Waals surface area contributed by atoms with Crippen molar-refractivity contribution in [3.63, 3.8) is 0 Å². The molecule has 0 N–H and O–H groups in total. The van der Waals surface area contributed by atoms with Gasteiger partial charge in [-0.3, -0.25) is 14.4 Å². The van der Waals surface area contributed by atoms with Gasteiger partial charge in [0.25, 0.3) is 5.91 Å². The maximum atomic E-state index is 13.8. The topological polar surface area (TPSA) is 41.4 Å². The van der Waals surface area contributed by atoms with Crippen LogP contribution in [-0.4, -0.2) is 51.7 Å². The van der Waals surface area contributed by atoms with Gasteiger partial charge in [-0.2, -0.15) is 18.3 Å². The van der Waals surface area contributed by atoms with Crippen LogP contribution in [0.15, 0.2) is 24.3 Å². The number of halogens is 5. The van der Waals surface area contributed by atoms with E-state index in [1.165, 1.54) is 18.0 Å². The van der Waals surface area contributed by atoms with Gasteiger partial charge in [-0.25, -0.2) is 4.39 Å². The number of nitrogens with zero attached hydrogens (tertiary/aromatic N) is 4. The summed E-state index contributed by atoms with van der Waals surface area (Å²) in [5.74, 6) is -0.895. The number of alkyl halides is 3. The number of hydrogen-bond donors (Lipinski definition) is 0. The zero-order chi connectivity index (χ0) is 19.8. The third kappa shape index (κ3) is 4.08. The molecule has 2 heterocycles. The fourth-order valence-corrected chi connectivity index (χ4v) is 3.39. The van der Waals surface area contributed by atoms with Crippen molar-refractivity contribution in [1.82, 2.24) is 19.6 Å². The smallest absolute Gasteiger partial charge is 0.335 e. The molecular formula is C17H17ClF4N4O. The van der Waals surface area contributed by atoms with E-state index in [0.29, 0.717) is 38.3 Å². The summed E-state index contributed by atoms with van der Waals surface area (Å²) in [4.78, 5) is 16.0. The van der Waals surface area contributed by atoms with Gasteiger partial charge in [0.2, 0.25) is 0 Å². The Morgan fingerprint density at radius 2 is 1.81 bits per heavy atom. The Morgan fingerprint density at radius 1 is 1.19 bits per heavy atom. The molecule has 0 radical (unpaired) electrons. The Morgan fingerprint density at radius 3 is 2.37 bits per heavy atom. The summed E-state index contributed by atoms with van der Waals surface area (Å²) in [6.07, 6.45) is -4.73. The van der Waals surface area contributed by atoms with Crippen molar-refractivity contribution in [2.45, 2.75) is 12.7 Å². The number of rotatable bonds is 3. The highest BCUT2D eigenvalue weighted by Gasteiger charge is 2.40. The average molecular weight is 405 g/mol. The van der Waals surface area contributed by atoms with Gasteiger partial charge in [0.05, 0.1) is 0 Å². The lowest BCUT2D eigenvalue weighted by atomic mass is 10.2. The molecule has 10 heteroatoms. The SMILES string of the molecule is Cn1nc(C(F)(F)F)c(Cl)c1C(=O)N1CCN(Cc2ccccc2F)CC1. The number of benzene rings is 1. The molecular weight excluding hydrogens is 388 g/mol. The molecule has 1 fully saturated rings. The number of piperazine rings is 1. The third-order valence-corrected chi connectivity index (χ3v) is 4.83. The van der Waals surface area contributed by atoms with E-state index in [1.54, 1.807) is 18.2 Å². The molecule has 27 heavy (non-hydrogen) atoms. The van der Waals surface area contributed by atoms with Crippen LogP contribution in [0.5, 0.6) is 0 Å². The van der Waals surface area contributed by atoms with E-state index in [2.05, 4.69) is 5.10 Å². The monoisotopic (exact) mass is 404 g/mol. The molecule has 1 aromatic carbocycles. The Labute approximate surface area is 158 Å². The predicted octanol–water partition coefficient (Wildman–Crippen LogP) is 3.19. The molecule has 1 aromatic heterocycles. The molecule has 0 bridgehead atoms. The van der Waals surface area contributed by atoms with E-state index in [1.807, 2.05) is 4.90 Å². The minimum absolute atomic E-state index is 0.286. The highest BCUT2D eigenvalue weighted by Crippen LogP contribution is 2.35. The lowest BCUT2D eigenvalue weighted by Gasteiger charge is -2.34. The summed E-state index contributed by atoms with van der Waals surface area (Å²) in [5, 5.41) is 2.65. The largest absolute Gasteiger partial charge is 0.436 e. The number of hydrogen-bond acceptors (Lipinski definition) is 3. The van der Waals surface area contributed by atoms with Crippen molar-refractivity contribution in [2.24, 2.45) is 7.05 Å². The molecule has 0 aliphatic carbocycles. The molecule has 0 atom stereocenters. The van der Waals surface area contributed by atoms with Gasteiger partial charge in [-0.05, 0) is 6.07 Å².